The lowest BCUT2D eigenvalue weighted by atomic mass is 10.0. The summed E-state index contributed by atoms with van der Waals surface area (Å²) in [6.07, 6.45) is 0.986. The van der Waals surface area contributed by atoms with E-state index < -0.39 is 0 Å². The topological polar surface area (TPSA) is 12.9 Å². The zero-order valence-corrected chi connectivity index (χ0v) is 10.2. The van der Waals surface area contributed by atoms with E-state index in [9.17, 15) is 0 Å². The van der Waals surface area contributed by atoms with Crippen LogP contribution in [0.15, 0.2) is 42.5 Å². The molecule has 84 valence electrons. The van der Waals surface area contributed by atoms with E-state index in [0.29, 0.717) is 0 Å². The standard InChI is InChI=1S/C16H15N/c1-3-13-10-11(2)14-9-8-12-6-4-5-7-15(12)16(14)17-13/h4-10H,3H2,1-2H3. The Hall–Kier alpha value is -1.89. The van der Waals surface area contributed by atoms with Crippen LogP contribution in [0.4, 0.5) is 0 Å². The predicted molar refractivity (Wildman–Crippen MR) is 73.4 cm³/mol. The van der Waals surface area contributed by atoms with E-state index in [-0.39, 0.29) is 0 Å². The Balaban J connectivity index is 2.51. The van der Waals surface area contributed by atoms with Crippen LogP contribution in [0.5, 0.6) is 0 Å². The van der Waals surface area contributed by atoms with Crippen LogP contribution in [0.3, 0.4) is 0 Å². The van der Waals surface area contributed by atoms with Crippen LogP contribution in [0.1, 0.15) is 18.2 Å². The minimum absolute atomic E-state index is 0.986. The Morgan fingerprint density at radius 1 is 1.00 bits per heavy atom. The molecule has 17 heavy (non-hydrogen) atoms. The summed E-state index contributed by atoms with van der Waals surface area (Å²) in [4.78, 5) is 4.78. The normalized spacial score (nSPS) is 11.2. The third-order valence-electron chi connectivity index (χ3n) is 3.33. The van der Waals surface area contributed by atoms with Crippen LogP contribution in [0.2, 0.25) is 0 Å². The maximum Gasteiger partial charge on any atom is 0.0786 e. The van der Waals surface area contributed by atoms with Gasteiger partial charge < -0.3 is 0 Å². The summed E-state index contributed by atoms with van der Waals surface area (Å²) in [6, 6.07) is 15.0. The van der Waals surface area contributed by atoms with E-state index in [4.69, 9.17) is 4.98 Å². The van der Waals surface area contributed by atoms with Crippen LogP contribution in [-0.4, -0.2) is 4.98 Å². The van der Waals surface area contributed by atoms with Crippen molar-refractivity contribution in [2.24, 2.45) is 0 Å². The van der Waals surface area contributed by atoms with Crippen molar-refractivity contribution in [3.8, 4) is 0 Å². The Labute approximate surface area is 101 Å². The Morgan fingerprint density at radius 3 is 2.65 bits per heavy atom. The van der Waals surface area contributed by atoms with E-state index in [1.54, 1.807) is 0 Å². The van der Waals surface area contributed by atoms with Crippen molar-refractivity contribution in [1.82, 2.24) is 4.98 Å². The monoisotopic (exact) mass is 221 g/mol. The number of pyridine rings is 1. The van der Waals surface area contributed by atoms with Crippen molar-refractivity contribution in [3.05, 3.63) is 53.7 Å². The first kappa shape index (κ1) is 10.3. The summed E-state index contributed by atoms with van der Waals surface area (Å²) in [6.45, 7) is 4.32. The SMILES string of the molecule is CCc1cc(C)c2ccc3ccccc3c2n1. The molecular weight excluding hydrogens is 206 g/mol. The van der Waals surface area contributed by atoms with Gasteiger partial charge in [0.1, 0.15) is 0 Å². The molecule has 0 aliphatic carbocycles. The molecule has 3 aromatic rings. The number of hydrogen-bond donors (Lipinski definition) is 0. The van der Waals surface area contributed by atoms with Crippen molar-refractivity contribution in [1.29, 1.82) is 0 Å². The fourth-order valence-electron chi connectivity index (χ4n) is 2.38. The highest BCUT2D eigenvalue weighted by molar-refractivity contribution is 6.06. The molecule has 0 aliphatic heterocycles. The minimum atomic E-state index is 0.986. The average molecular weight is 221 g/mol. The molecule has 0 bridgehead atoms. The van der Waals surface area contributed by atoms with E-state index in [1.165, 1.54) is 27.4 Å². The molecule has 3 rings (SSSR count). The molecule has 1 nitrogen and oxygen atoms in total. The number of hydrogen-bond acceptors (Lipinski definition) is 1. The van der Waals surface area contributed by atoms with Crippen LogP contribution < -0.4 is 0 Å². The van der Waals surface area contributed by atoms with E-state index >= 15 is 0 Å². The van der Waals surface area contributed by atoms with Crippen LogP contribution in [0, 0.1) is 6.92 Å². The third-order valence-corrected chi connectivity index (χ3v) is 3.33. The van der Waals surface area contributed by atoms with Crippen molar-refractivity contribution in [2.75, 3.05) is 0 Å². The molecule has 0 fully saturated rings. The Kier molecular flexibility index (Phi) is 2.32. The summed E-state index contributed by atoms with van der Waals surface area (Å²) in [7, 11) is 0. The number of nitrogens with zero attached hydrogens (tertiary/aromatic N) is 1. The van der Waals surface area contributed by atoms with Gasteiger partial charge in [-0.3, -0.25) is 4.98 Å². The van der Waals surface area contributed by atoms with Crippen molar-refractivity contribution >= 4 is 21.7 Å². The molecule has 1 heteroatoms. The van der Waals surface area contributed by atoms with Gasteiger partial charge in [-0.1, -0.05) is 43.3 Å². The second-order valence-corrected chi connectivity index (χ2v) is 4.47. The molecule has 0 aliphatic rings. The number of rotatable bonds is 1. The molecule has 2 aromatic carbocycles. The first-order chi connectivity index (χ1) is 8.29. The highest BCUT2D eigenvalue weighted by atomic mass is 14.7. The van der Waals surface area contributed by atoms with Gasteiger partial charge in [-0.05, 0) is 30.4 Å². The van der Waals surface area contributed by atoms with E-state index in [1.807, 2.05) is 0 Å². The maximum atomic E-state index is 4.78. The quantitative estimate of drug-likeness (QED) is 0.559. The molecule has 0 N–H and O–H groups in total. The van der Waals surface area contributed by atoms with E-state index in [2.05, 4.69) is 56.3 Å². The van der Waals surface area contributed by atoms with Gasteiger partial charge in [0.05, 0.1) is 5.52 Å². The van der Waals surface area contributed by atoms with Gasteiger partial charge in [0.25, 0.3) is 0 Å². The van der Waals surface area contributed by atoms with Gasteiger partial charge in [-0.15, -0.1) is 0 Å². The lowest BCUT2D eigenvalue weighted by Gasteiger charge is -2.08. The highest BCUT2D eigenvalue weighted by Gasteiger charge is 2.05. The summed E-state index contributed by atoms with van der Waals surface area (Å²) in [5.41, 5.74) is 3.63. The number of aryl methyl sites for hydroxylation is 2. The zero-order valence-electron chi connectivity index (χ0n) is 10.2. The molecule has 0 saturated carbocycles. The molecule has 1 aromatic heterocycles. The minimum Gasteiger partial charge on any atom is -0.252 e. The van der Waals surface area contributed by atoms with E-state index in [0.717, 1.165) is 11.9 Å². The molecule has 0 amide bonds. The number of fused-ring (bicyclic) bond motifs is 3. The molecule has 0 saturated heterocycles. The number of aromatic nitrogens is 1. The van der Waals surface area contributed by atoms with Gasteiger partial charge >= 0.3 is 0 Å². The molecule has 0 unspecified atom stereocenters. The highest BCUT2D eigenvalue weighted by Crippen LogP contribution is 2.26. The lowest BCUT2D eigenvalue weighted by Crippen LogP contribution is -1.91. The molecular formula is C16H15N. The van der Waals surface area contributed by atoms with Gasteiger partial charge in [0.2, 0.25) is 0 Å². The second kappa shape index (κ2) is 3.85. The first-order valence-corrected chi connectivity index (χ1v) is 6.07. The van der Waals surface area contributed by atoms with Crippen LogP contribution >= 0.6 is 0 Å². The van der Waals surface area contributed by atoms with Gasteiger partial charge in [0.15, 0.2) is 0 Å². The Morgan fingerprint density at radius 2 is 1.82 bits per heavy atom. The smallest absolute Gasteiger partial charge is 0.0786 e. The predicted octanol–water partition coefficient (Wildman–Crippen LogP) is 4.26. The largest absolute Gasteiger partial charge is 0.252 e. The fourth-order valence-corrected chi connectivity index (χ4v) is 2.38. The van der Waals surface area contributed by atoms with Crippen LogP contribution in [0.25, 0.3) is 21.7 Å². The van der Waals surface area contributed by atoms with Crippen molar-refractivity contribution in [2.45, 2.75) is 20.3 Å². The van der Waals surface area contributed by atoms with Crippen LogP contribution in [-0.2, 0) is 6.42 Å². The summed E-state index contributed by atoms with van der Waals surface area (Å²) in [5, 5.41) is 3.78. The fraction of sp³-hybridized carbons (Fsp3) is 0.188. The lowest BCUT2D eigenvalue weighted by molar-refractivity contribution is 1.05. The average Bonchev–Trinajstić information content (AvgIpc) is 2.38. The summed E-state index contributed by atoms with van der Waals surface area (Å²) in [5.74, 6) is 0. The zero-order chi connectivity index (χ0) is 11.8. The molecule has 1 heterocycles. The maximum absolute atomic E-state index is 4.78. The van der Waals surface area contributed by atoms with Gasteiger partial charge in [-0.25, -0.2) is 0 Å². The summed E-state index contributed by atoms with van der Waals surface area (Å²) < 4.78 is 0. The first-order valence-electron chi connectivity index (χ1n) is 6.07. The summed E-state index contributed by atoms with van der Waals surface area (Å²) >= 11 is 0. The van der Waals surface area contributed by atoms with Gasteiger partial charge in [-0.2, -0.15) is 0 Å². The molecule has 0 spiro atoms. The Bertz CT molecular complexity index is 698. The van der Waals surface area contributed by atoms with Crippen molar-refractivity contribution in [3.63, 3.8) is 0 Å². The number of benzene rings is 2. The van der Waals surface area contributed by atoms with Gasteiger partial charge in [0, 0.05) is 16.5 Å². The molecule has 0 atom stereocenters. The molecule has 0 radical (unpaired) electrons. The third kappa shape index (κ3) is 1.59. The second-order valence-electron chi connectivity index (χ2n) is 4.47. The van der Waals surface area contributed by atoms with Crippen molar-refractivity contribution < 1.29 is 0 Å².